The topological polar surface area (TPSA) is 71.0 Å². The molecule has 2 aromatic rings. The number of anilines is 1. The second-order valence-corrected chi connectivity index (χ2v) is 6.84. The first-order valence-electron chi connectivity index (χ1n) is 8.73. The molecule has 1 aromatic heterocycles. The first-order chi connectivity index (χ1) is 12.1. The van der Waals surface area contributed by atoms with Crippen LogP contribution in [0.1, 0.15) is 18.9 Å². The van der Waals surface area contributed by atoms with Crippen LogP contribution in [0.15, 0.2) is 36.7 Å². The number of carbonyl (C=O) groups is 1. The summed E-state index contributed by atoms with van der Waals surface area (Å²) in [7, 11) is 1.90. The summed E-state index contributed by atoms with van der Waals surface area (Å²) in [5.74, 6) is 0.00615. The first kappa shape index (κ1) is 15.9. The predicted octanol–water partition coefficient (Wildman–Crippen LogP) is 1.76. The van der Waals surface area contributed by atoms with Gasteiger partial charge in [0.15, 0.2) is 0 Å². The van der Waals surface area contributed by atoms with Crippen molar-refractivity contribution in [1.82, 2.24) is 20.4 Å². The maximum absolute atomic E-state index is 12.9. The maximum atomic E-state index is 12.9. The summed E-state index contributed by atoms with van der Waals surface area (Å²) in [6.45, 7) is 3.86. The molecule has 2 atom stereocenters. The van der Waals surface area contributed by atoms with Crippen LogP contribution >= 0.6 is 0 Å². The number of benzene rings is 1. The molecular weight excluding hydrogens is 314 g/mol. The van der Waals surface area contributed by atoms with E-state index in [-0.39, 0.29) is 18.0 Å². The molecule has 0 spiro atoms. The minimum atomic E-state index is 0.00615. The molecule has 6 nitrogen and oxygen atoms in total. The summed E-state index contributed by atoms with van der Waals surface area (Å²) in [5.41, 5.74) is 4.80. The van der Waals surface area contributed by atoms with Crippen LogP contribution in [0.4, 0.5) is 5.69 Å². The van der Waals surface area contributed by atoms with Gasteiger partial charge >= 0.3 is 0 Å². The van der Waals surface area contributed by atoms with Gasteiger partial charge in [-0.25, -0.2) is 0 Å². The Bertz CT molecular complexity index is 832. The fourth-order valence-electron chi connectivity index (χ4n) is 3.51. The van der Waals surface area contributed by atoms with Crippen LogP contribution in [0.3, 0.4) is 0 Å². The molecule has 1 amide bonds. The van der Waals surface area contributed by atoms with Gasteiger partial charge in [0, 0.05) is 54.3 Å². The first-order valence-corrected chi connectivity index (χ1v) is 8.73. The van der Waals surface area contributed by atoms with Crippen molar-refractivity contribution in [2.45, 2.75) is 25.4 Å². The van der Waals surface area contributed by atoms with Gasteiger partial charge in [0.05, 0.1) is 6.20 Å². The number of amides is 1. The van der Waals surface area contributed by atoms with Crippen molar-refractivity contribution < 1.29 is 4.79 Å². The van der Waals surface area contributed by atoms with Crippen molar-refractivity contribution in [3.05, 3.63) is 42.2 Å². The van der Waals surface area contributed by atoms with E-state index >= 15 is 0 Å². The SMILES string of the molecule is CC1C=C(C(=O)N[C@@H]2CCNC2)c2cc(-c3cnn(C)c3)ccc2N1. The van der Waals surface area contributed by atoms with E-state index in [4.69, 9.17) is 0 Å². The summed E-state index contributed by atoms with van der Waals surface area (Å²) >= 11 is 0. The van der Waals surface area contributed by atoms with Gasteiger partial charge in [-0.05, 0) is 43.7 Å². The van der Waals surface area contributed by atoms with E-state index in [1.54, 1.807) is 4.68 Å². The van der Waals surface area contributed by atoms with E-state index in [1.165, 1.54) is 0 Å². The maximum Gasteiger partial charge on any atom is 0.251 e. The zero-order chi connectivity index (χ0) is 17.4. The van der Waals surface area contributed by atoms with Crippen molar-refractivity contribution in [3.63, 3.8) is 0 Å². The van der Waals surface area contributed by atoms with Gasteiger partial charge in [0.25, 0.3) is 5.91 Å². The van der Waals surface area contributed by atoms with Crippen molar-refractivity contribution in [3.8, 4) is 11.1 Å². The number of nitrogens with zero attached hydrogens (tertiary/aromatic N) is 2. The Morgan fingerprint density at radius 2 is 2.24 bits per heavy atom. The molecule has 1 fully saturated rings. The molecule has 6 heteroatoms. The highest BCUT2D eigenvalue weighted by molar-refractivity contribution is 6.22. The van der Waals surface area contributed by atoms with Crippen LogP contribution in [0, 0.1) is 0 Å². The van der Waals surface area contributed by atoms with Crippen LogP contribution in [0.5, 0.6) is 0 Å². The number of aryl methyl sites for hydroxylation is 1. The summed E-state index contributed by atoms with van der Waals surface area (Å²) < 4.78 is 1.78. The number of rotatable bonds is 3. The Morgan fingerprint density at radius 3 is 2.96 bits per heavy atom. The Balaban J connectivity index is 1.67. The molecule has 1 unspecified atom stereocenters. The monoisotopic (exact) mass is 337 g/mol. The van der Waals surface area contributed by atoms with E-state index in [2.05, 4.69) is 40.1 Å². The van der Waals surface area contributed by atoms with Gasteiger partial charge < -0.3 is 16.0 Å². The molecule has 4 rings (SSSR count). The number of aromatic nitrogens is 2. The Morgan fingerprint density at radius 1 is 1.36 bits per heavy atom. The molecule has 2 aliphatic heterocycles. The molecule has 0 radical (unpaired) electrons. The molecule has 1 saturated heterocycles. The van der Waals surface area contributed by atoms with Crippen LogP contribution in [-0.2, 0) is 11.8 Å². The summed E-state index contributed by atoms with van der Waals surface area (Å²) in [5, 5.41) is 14.1. The average Bonchev–Trinajstić information content (AvgIpc) is 3.25. The minimum Gasteiger partial charge on any atom is -0.379 e. The molecule has 130 valence electrons. The molecule has 0 bridgehead atoms. The van der Waals surface area contributed by atoms with Crippen LogP contribution in [-0.4, -0.2) is 40.9 Å². The van der Waals surface area contributed by atoms with Crippen LogP contribution in [0.25, 0.3) is 16.7 Å². The van der Waals surface area contributed by atoms with E-state index in [0.29, 0.717) is 0 Å². The lowest BCUT2D eigenvalue weighted by Gasteiger charge is -2.25. The van der Waals surface area contributed by atoms with Gasteiger partial charge in [0.1, 0.15) is 0 Å². The Labute approximate surface area is 147 Å². The molecule has 3 N–H and O–H groups in total. The van der Waals surface area contributed by atoms with Gasteiger partial charge in [0.2, 0.25) is 0 Å². The predicted molar refractivity (Wildman–Crippen MR) is 99.1 cm³/mol. The van der Waals surface area contributed by atoms with E-state index in [0.717, 1.165) is 47.5 Å². The van der Waals surface area contributed by atoms with E-state index in [1.807, 2.05) is 31.6 Å². The largest absolute Gasteiger partial charge is 0.379 e. The van der Waals surface area contributed by atoms with Gasteiger partial charge in [-0.3, -0.25) is 9.48 Å². The van der Waals surface area contributed by atoms with Gasteiger partial charge in [-0.2, -0.15) is 5.10 Å². The molecule has 2 aliphatic rings. The van der Waals surface area contributed by atoms with Crippen molar-refractivity contribution >= 4 is 17.2 Å². The third-order valence-electron chi connectivity index (χ3n) is 4.79. The fourth-order valence-corrected chi connectivity index (χ4v) is 3.51. The van der Waals surface area contributed by atoms with Crippen molar-refractivity contribution in [2.24, 2.45) is 7.05 Å². The van der Waals surface area contributed by atoms with Gasteiger partial charge in [-0.1, -0.05) is 6.07 Å². The lowest BCUT2D eigenvalue weighted by molar-refractivity contribution is -0.116. The van der Waals surface area contributed by atoms with E-state index < -0.39 is 0 Å². The minimum absolute atomic E-state index is 0.00615. The smallest absolute Gasteiger partial charge is 0.251 e. The lowest BCUT2D eigenvalue weighted by Crippen LogP contribution is -2.37. The molecule has 25 heavy (non-hydrogen) atoms. The molecule has 0 aliphatic carbocycles. The number of hydrogen-bond acceptors (Lipinski definition) is 4. The quantitative estimate of drug-likeness (QED) is 0.798. The highest BCUT2D eigenvalue weighted by Crippen LogP contribution is 2.33. The molecular formula is C19H23N5O. The fraction of sp³-hybridized carbons (Fsp3) is 0.368. The molecule has 0 saturated carbocycles. The number of nitrogens with one attached hydrogen (secondary N) is 3. The molecule has 1 aromatic carbocycles. The highest BCUT2D eigenvalue weighted by Gasteiger charge is 2.25. The number of fused-ring (bicyclic) bond motifs is 1. The third kappa shape index (κ3) is 3.17. The lowest BCUT2D eigenvalue weighted by atomic mass is 9.93. The zero-order valence-electron chi connectivity index (χ0n) is 14.5. The molecule has 3 heterocycles. The second kappa shape index (κ2) is 6.37. The zero-order valence-corrected chi connectivity index (χ0v) is 14.5. The Hall–Kier alpha value is -2.60. The van der Waals surface area contributed by atoms with Crippen molar-refractivity contribution in [2.75, 3.05) is 18.4 Å². The summed E-state index contributed by atoms with van der Waals surface area (Å²) in [4.78, 5) is 12.9. The highest BCUT2D eigenvalue weighted by atomic mass is 16.1. The number of hydrogen-bond donors (Lipinski definition) is 3. The normalized spacial score (nSPS) is 22.1. The van der Waals surface area contributed by atoms with Crippen LogP contribution in [0.2, 0.25) is 0 Å². The summed E-state index contributed by atoms with van der Waals surface area (Å²) in [6, 6.07) is 6.52. The second-order valence-electron chi connectivity index (χ2n) is 6.84. The third-order valence-corrected chi connectivity index (χ3v) is 4.79. The van der Waals surface area contributed by atoms with Gasteiger partial charge in [-0.15, -0.1) is 0 Å². The number of carbonyl (C=O) groups excluding carboxylic acids is 1. The standard InChI is InChI=1S/C19H23N5O/c1-12-7-17(19(25)23-15-5-6-20-10-15)16-8-13(3-4-18(16)22-12)14-9-21-24(2)11-14/h3-4,7-9,11-12,15,20,22H,5-6,10H2,1-2H3,(H,23,25)/t12?,15-/m1/s1. The van der Waals surface area contributed by atoms with E-state index in [9.17, 15) is 4.79 Å². The Kier molecular flexibility index (Phi) is 4.05. The van der Waals surface area contributed by atoms with Crippen LogP contribution < -0.4 is 16.0 Å². The average molecular weight is 337 g/mol. The van der Waals surface area contributed by atoms with Crippen molar-refractivity contribution in [1.29, 1.82) is 0 Å². The summed E-state index contributed by atoms with van der Waals surface area (Å²) in [6.07, 6.45) is 6.81.